The molecule has 3 N–H and O–H groups in total. The van der Waals surface area contributed by atoms with Gasteiger partial charge in [0, 0.05) is 0 Å². The number of hydrogen-bond donors (Lipinski definition) is 3. The molecule has 136 valence electrons. The highest BCUT2D eigenvalue weighted by atomic mass is 16.6. The summed E-state index contributed by atoms with van der Waals surface area (Å²) in [4.78, 5) is 23.5. The number of aliphatic carboxylic acids is 1. The first-order chi connectivity index (χ1) is 11.8. The first kappa shape index (κ1) is 19.0. The Labute approximate surface area is 145 Å². The molecule has 0 saturated carbocycles. The third kappa shape index (κ3) is 4.37. The maximum absolute atomic E-state index is 12.2. The fraction of sp³-hybridized carbons (Fsp3) is 0.444. The van der Waals surface area contributed by atoms with Crippen molar-refractivity contribution in [3.8, 4) is 0 Å². The number of rotatable bonds is 8. The molecule has 0 aliphatic carbocycles. The van der Waals surface area contributed by atoms with E-state index in [4.69, 9.17) is 9.47 Å². The van der Waals surface area contributed by atoms with Gasteiger partial charge in [-0.05, 0) is 25.8 Å². The molecule has 0 saturated heterocycles. The lowest BCUT2D eigenvalue weighted by molar-refractivity contribution is -0.148. The maximum atomic E-state index is 12.2. The molecule has 0 aromatic heterocycles. The maximum Gasteiger partial charge on any atom is 0.338 e. The Morgan fingerprint density at radius 1 is 1.32 bits per heavy atom. The summed E-state index contributed by atoms with van der Waals surface area (Å²) in [6, 6.07) is 9.17. The van der Waals surface area contributed by atoms with E-state index < -0.39 is 36.2 Å². The SMILES string of the molecule is CC(C)(CC1=C(OCc2ccccc2)[C@@H]([C@@H](O)CO)OC1=O)C(=O)O. The summed E-state index contributed by atoms with van der Waals surface area (Å²) >= 11 is 0. The molecular formula is C18H22O7. The minimum atomic E-state index is -1.35. The number of hydrogen-bond acceptors (Lipinski definition) is 6. The van der Waals surface area contributed by atoms with Gasteiger partial charge in [-0.2, -0.15) is 0 Å². The molecule has 1 heterocycles. The van der Waals surface area contributed by atoms with Crippen molar-refractivity contribution in [3.05, 3.63) is 47.2 Å². The normalized spacial score (nSPS) is 18.9. The molecule has 0 amide bonds. The van der Waals surface area contributed by atoms with Crippen LogP contribution in [0.1, 0.15) is 25.8 Å². The van der Waals surface area contributed by atoms with Gasteiger partial charge >= 0.3 is 11.9 Å². The van der Waals surface area contributed by atoms with Gasteiger partial charge in [-0.15, -0.1) is 0 Å². The minimum absolute atomic E-state index is 0.0702. The highest BCUT2D eigenvalue weighted by Crippen LogP contribution is 2.35. The van der Waals surface area contributed by atoms with Gasteiger partial charge in [-0.25, -0.2) is 4.79 Å². The number of benzene rings is 1. The van der Waals surface area contributed by atoms with E-state index in [2.05, 4.69) is 0 Å². The number of cyclic esters (lactones) is 1. The van der Waals surface area contributed by atoms with Crippen molar-refractivity contribution in [2.45, 2.75) is 39.1 Å². The van der Waals surface area contributed by atoms with Gasteiger partial charge in [-0.1, -0.05) is 30.3 Å². The molecule has 7 nitrogen and oxygen atoms in total. The molecule has 0 unspecified atom stereocenters. The number of carbonyl (C=O) groups is 2. The van der Waals surface area contributed by atoms with Crippen LogP contribution in [-0.2, 0) is 25.7 Å². The lowest BCUT2D eigenvalue weighted by Crippen LogP contribution is -2.32. The Bertz CT molecular complexity index is 663. The molecule has 1 aliphatic rings. The number of ether oxygens (including phenoxy) is 2. The van der Waals surface area contributed by atoms with E-state index in [1.54, 1.807) is 0 Å². The molecule has 0 radical (unpaired) electrons. The lowest BCUT2D eigenvalue weighted by Gasteiger charge is -2.21. The second-order valence-corrected chi connectivity index (χ2v) is 6.56. The molecule has 0 fully saturated rings. The van der Waals surface area contributed by atoms with Crippen molar-refractivity contribution in [2.24, 2.45) is 5.41 Å². The zero-order chi connectivity index (χ0) is 18.6. The monoisotopic (exact) mass is 350 g/mol. The van der Waals surface area contributed by atoms with Crippen molar-refractivity contribution in [1.29, 1.82) is 0 Å². The van der Waals surface area contributed by atoms with Gasteiger partial charge in [0.1, 0.15) is 12.7 Å². The van der Waals surface area contributed by atoms with Crippen LogP contribution in [0.2, 0.25) is 0 Å². The summed E-state index contributed by atoms with van der Waals surface area (Å²) < 4.78 is 10.8. The Balaban J connectivity index is 2.31. The number of aliphatic hydroxyl groups is 2. The average molecular weight is 350 g/mol. The Morgan fingerprint density at radius 3 is 2.52 bits per heavy atom. The van der Waals surface area contributed by atoms with Gasteiger partial charge in [-0.3, -0.25) is 4.79 Å². The highest BCUT2D eigenvalue weighted by Gasteiger charge is 2.43. The molecule has 2 atom stereocenters. The molecule has 7 heteroatoms. The van der Waals surface area contributed by atoms with Crippen LogP contribution in [0, 0.1) is 5.41 Å². The van der Waals surface area contributed by atoms with Gasteiger partial charge in [0.15, 0.2) is 11.9 Å². The molecule has 2 rings (SSSR count). The van der Waals surface area contributed by atoms with Crippen LogP contribution >= 0.6 is 0 Å². The van der Waals surface area contributed by atoms with Gasteiger partial charge in [0.2, 0.25) is 0 Å². The van der Waals surface area contributed by atoms with E-state index in [9.17, 15) is 24.9 Å². The quantitative estimate of drug-likeness (QED) is 0.604. The molecule has 0 spiro atoms. The standard InChI is InChI=1S/C18H22O7/c1-18(2,17(22)23)8-12-14(15(13(20)9-19)25-16(12)21)24-10-11-6-4-3-5-7-11/h3-7,13,15,19-20H,8-10H2,1-2H3,(H,22,23)/t13-,15+/m0/s1. The summed E-state index contributed by atoms with van der Waals surface area (Å²) in [5, 5.41) is 28.4. The Hall–Kier alpha value is -2.38. The summed E-state index contributed by atoms with van der Waals surface area (Å²) in [5.74, 6) is -1.74. The van der Waals surface area contributed by atoms with Crippen LogP contribution < -0.4 is 0 Å². The van der Waals surface area contributed by atoms with Crippen LogP contribution in [0.3, 0.4) is 0 Å². The summed E-state index contributed by atoms with van der Waals surface area (Å²) in [6.45, 7) is 2.48. The Morgan fingerprint density at radius 2 is 1.96 bits per heavy atom. The fourth-order valence-electron chi connectivity index (χ4n) is 2.44. The predicted molar refractivity (Wildman–Crippen MR) is 87.3 cm³/mol. The van der Waals surface area contributed by atoms with Crippen LogP contribution in [0.15, 0.2) is 41.7 Å². The van der Waals surface area contributed by atoms with Crippen LogP contribution in [0.25, 0.3) is 0 Å². The van der Waals surface area contributed by atoms with Crippen molar-refractivity contribution in [1.82, 2.24) is 0 Å². The predicted octanol–water partition coefficient (Wildman–Crippen LogP) is 1.24. The molecule has 1 aromatic carbocycles. The first-order valence-electron chi connectivity index (χ1n) is 7.89. The summed E-state index contributed by atoms with van der Waals surface area (Å²) in [6.07, 6.45) is -2.61. The van der Waals surface area contributed by atoms with Gasteiger partial charge in [0.25, 0.3) is 0 Å². The fourth-order valence-corrected chi connectivity index (χ4v) is 2.44. The van der Waals surface area contributed by atoms with E-state index in [0.29, 0.717) is 0 Å². The molecule has 1 aromatic rings. The third-order valence-corrected chi connectivity index (χ3v) is 4.01. The molecule has 1 aliphatic heterocycles. The largest absolute Gasteiger partial charge is 0.489 e. The van der Waals surface area contributed by atoms with E-state index in [1.807, 2.05) is 30.3 Å². The molecule has 25 heavy (non-hydrogen) atoms. The van der Waals surface area contributed by atoms with Crippen molar-refractivity contribution in [2.75, 3.05) is 6.61 Å². The minimum Gasteiger partial charge on any atom is -0.489 e. The lowest BCUT2D eigenvalue weighted by atomic mass is 9.85. The second kappa shape index (κ2) is 7.67. The number of esters is 1. The van der Waals surface area contributed by atoms with E-state index in [1.165, 1.54) is 13.8 Å². The van der Waals surface area contributed by atoms with E-state index >= 15 is 0 Å². The number of carboxylic acid groups (broad SMARTS) is 1. The van der Waals surface area contributed by atoms with Crippen molar-refractivity contribution >= 4 is 11.9 Å². The van der Waals surface area contributed by atoms with Crippen molar-refractivity contribution in [3.63, 3.8) is 0 Å². The van der Waals surface area contributed by atoms with E-state index in [-0.39, 0.29) is 24.4 Å². The van der Waals surface area contributed by atoms with Crippen molar-refractivity contribution < 1.29 is 34.4 Å². The van der Waals surface area contributed by atoms with Crippen LogP contribution in [-0.4, -0.2) is 46.1 Å². The third-order valence-electron chi connectivity index (χ3n) is 4.01. The molecular weight excluding hydrogens is 328 g/mol. The smallest absolute Gasteiger partial charge is 0.338 e. The van der Waals surface area contributed by atoms with Crippen LogP contribution in [0.5, 0.6) is 0 Å². The zero-order valence-corrected chi connectivity index (χ0v) is 14.1. The van der Waals surface area contributed by atoms with Gasteiger partial charge in [0.05, 0.1) is 17.6 Å². The number of carboxylic acids is 1. The zero-order valence-electron chi connectivity index (χ0n) is 14.1. The Kier molecular flexibility index (Phi) is 5.81. The highest BCUT2D eigenvalue weighted by molar-refractivity contribution is 5.93. The number of carbonyl (C=O) groups excluding carboxylic acids is 1. The van der Waals surface area contributed by atoms with Gasteiger partial charge < -0.3 is 24.8 Å². The first-order valence-corrected chi connectivity index (χ1v) is 7.89. The summed E-state index contributed by atoms with van der Waals surface area (Å²) in [5.41, 5.74) is -0.307. The number of aliphatic hydroxyl groups excluding tert-OH is 2. The topological polar surface area (TPSA) is 113 Å². The molecule has 0 bridgehead atoms. The second-order valence-electron chi connectivity index (χ2n) is 6.56. The summed E-state index contributed by atoms with van der Waals surface area (Å²) in [7, 11) is 0. The van der Waals surface area contributed by atoms with Crippen LogP contribution in [0.4, 0.5) is 0 Å². The average Bonchev–Trinajstić information content (AvgIpc) is 2.88. The van der Waals surface area contributed by atoms with E-state index in [0.717, 1.165) is 5.56 Å².